The Balaban J connectivity index is 1.37. The molecule has 2 aromatic carbocycles. The molecule has 0 bridgehead atoms. The number of hydrogen-bond acceptors (Lipinski definition) is 4. The molecule has 0 aliphatic carbocycles. The van der Waals surface area contributed by atoms with Gasteiger partial charge in [-0.25, -0.2) is 4.68 Å². The van der Waals surface area contributed by atoms with E-state index in [0.717, 1.165) is 22.3 Å². The second-order valence-corrected chi connectivity index (χ2v) is 6.33. The zero-order valence-corrected chi connectivity index (χ0v) is 15.5. The van der Waals surface area contributed by atoms with Crippen molar-refractivity contribution in [3.8, 4) is 11.4 Å². The molecule has 28 heavy (non-hydrogen) atoms. The highest BCUT2D eigenvalue weighted by Crippen LogP contribution is 2.22. The number of nitrogens with zero attached hydrogens (tertiary/aromatic N) is 3. The van der Waals surface area contributed by atoms with E-state index >= 15 is 0 Å². The molecule has 0 spiro atoms. The van der Waals surface area contributed by atoms with Gasteiger partial charge in [0, 0.05) is 11.6 Å². The summed E-state index contributed by atoms with van der Waals surface area (Å²) in [5.74, 6) is 0.541. The summed E-state index contributed by atoms with van der Waals surface area (Å²) in [4.78, 5) is 16.9. The van der Waals surface area contributed by atoms with Crippen LogP contribution in [0.15, 0.2) is 73.1 Å². The number of rotatable bonds is 6. The van der Waals surface area contributed by atoms with Crippen molar-refractivity contribution in [1.82, 2.24) is 20.1 Å². The van der Waals surface area contributed by atoms with Crippen molar-refractivity contribution in [1.29, 1.82) is 0 Å². The van der Waals surface area contributed by atoms with Crippen molar-refractivity contribution in [2.45, 2.75) is 6.92 Å². The van der Waals surface area contributed by atoms with Gasteiger partial charge in [-0.1, -0.05) is 36.4 Å². The van der Waals surface area contributed by atoms with Gasteiger partial charge in [-0.15, -0.1) is 0 Å². The highest BCUT2D eigenvalue weighted by Gasteiger charge is 2.14. The number of nitrogens with one attached hydrogen (secondary N) is 1. The van der Waals surface area contributed by atoms with Crippen LogP contribution in [0.5, 0.6) is 5.75 Å². The Morgan fingerprint density at radius 3 is 2.75 bits per heavy atom. The molecule has 0 atom stereocenters. The minimum Gasteiger partial charge on any atom is -0.489 e. The summed E-state index contributed by atoms with van der Waals surface area (Å²) in [6.45, 7) is 2.62. The molecule has 0 saturated heterocycles. The van der Waals surface area contributed by atoms with Crippen LogP contribution in [0.3, 0.4) is 0 Å². The summed E-state index contributed by atoms with van der Waals surface area (Å²) in [5.41, 5.74) is 3.08. The molecule has 1 N–H and O–H groups in total. The molecule has 2 heterocycles. The van der Waals surface area contributed by atoms with Crippen LogP contribution in [-0.2, 0) is 0 Å². The van der Waals surface area contributed by atoms with Crippen molar-refractivity contribution >= 4 is 16.8 Å². The molecule has 4 rings (SSSR count). The van der Waals surface area contributed by atoms with Crippen molar-refractivity contribution in [3.63, 3.8) is 0 Å². The van der Waals surface area contributed by atoms with E-state index in [2.05, 4.69) is 15.4 Å². The maximum absolute atomic E-state index is 12.5. The lowest BCUT2D eigenvalue weighted by atomic mass is 10.2. The monoisotopic (exact) mass is 372 g/mol. The summed E-state index contributed by atoms with van der Waals surface area (Å²) in [7, 11) is 0. The fourth-order valence-corrected chi connectivity index (χ4v) is 3.08. The molecule has 0 aliphatic heterocycles. The molecular weight excluding hydrogens is 352 g/mol. The normalized spacial score (nSPS) is 10.8. The highest BCUT2D eigenvalue weighted by atomic mass is 16.5. The number of amides is 1. The van der Waals surface area contributed by atoms with E-state index in [1.165, 1.54) is 0 Å². The molecule has 0 fully saturated rings. The van der Waals surface area contributed by atoms with Gasteiger partial charge in [0.1, 0.15) is 17.9 Å². The molecular formula is C22H20N4O2. The molecule has 0 radical (unpaired) electrons. The van der Waals surface area contributed by atoms with E-state index in [-0.39, 0.29) is 5.91 Å². The van der Waals surface area contributed by atoms with Crippen LogP contribution in [0.25, 0.3) is 16.6 Å². The number of carbonyl (C=O) groups excluding carboxylic acids is 1. The lowest BCUT2D eigenvalue weighted by Gasteiger charge is -2.09. The van der Waals surface area contributed by atoms with Crippen LogP contribution in [0, 0.1) is 6.92 Å². The third-order valence-corrected chi connectivity index (χ3v) is 4.50. The van der Waals surface area contributed by atoms with Crippen molar-refractivity contribution in [2.24, 2.45) is 0 Å². The molecule has 1 amide bonds. The van der Waals surface area contributed by atoms with Crippen molar-refractivity contribution in [2.75, 3.05) is 13.2 Å². The van der Waals surface area contributed by atoms with E-state index in [1.54, 1.807) is 17.1 Å². The summed E-state index contributed by atoms with van der Waals surface area (Å²) < 4.78 is 7.57. The van der Waals surface area contributed by atoms with E-state index in [4.69, 9.17) is 4.74 Å². The van der Waals surface area contributed by atoms with Gasteiger partial charge in [-0.3, -0.25) is 9.78 Å². The average molecular weight is 372 g/mol. The SMILES string of the molecule is Cc1c(C(=O)NCCOc2cccc3cccnc23)cnn1-c1ccccc1. The lowest BCUT2D eigenvalue weighted by molar-refractivity contribution is 0.0946. The number of ether oxygens (including phenoxy) is 1. The Morgan fingerprint density at radius 2 is 1.89 bits per heavy atom. The second-order valence-electron chi connectivity index (χ2n) is 6.33. The van der Waals surface area contributed by atoms with Gasteiger partial charge in [-0.05, 0) is 31.2 Å². The van der Waals surface area contributed by atoms with Crippen LogP contribution in [-0.4, -0.2) is 33.8 Å². The Morgan fingerprint density at radius 1 is 1.07 bits per heavy atom. The highest BCUT2D eigenvalue weighted by molar-refractivity contribution is 5.95. The van der Waals surface area contributed by atoms with Crippen LogP contribution >= 0.6 is 0 Å². The fourth-order valence-electron chi connectivity index (χ4n) is 3.08. The molecule has 0 saturated carbocycles. The van der Waals surface area contributed by atoms with Crippen LogP contribution in [0.1, 0.15) is 16.1 Å². The first-order chi connectivity index (χ1) is 13.7. The predicted octanol–water partition coefficient (Wildman–Crippen LogP) is 3.54. The van der Waals surface area contributed by atoms with E-state index < -0.39 is 0 Å². The van der Waals surface area contributed by atoms with Gasteiger partial charge in [-0.2, -0.15) is 5.10 Å². The Labute approximate surface area is 162 Å². The first kappa shape index (κ1) is 17.7. The summed E-state index contributed by atoms with van der Waals surface area (Å²) in [6, 6.07) is 19.4. The maximum atomic E-state index is 12.5. The Hall–Kier alpha value is -3.67. The first-order valence-electron chi connectivity index (χ1n) is 9.09. The van der Waals surface area contributed by atoms with Gasteiger partial charge >= 0.3 is 0 Å². The topological polar surface area (TPSA) is 69.0 Å². The molecule has 6 nitrogen and oxygen atoms in total. The quantitative estimate of drug-likeness (QED) is 0.526. The summed E-state index contributed by atoms with van der Waals surface area (Å²) >= 11 is 0. The molecule has 2 aromatic heterocycles. The van der Waals surface area contributed by atoms with Gasteiger partial charge in [0.25, 0.3) is 5.91 Å². The summed E-state index contributed by atoms with van der Waals surface area (Å²) in [5, 5.41) is 8.24. The standard InChI is InChI=1S/C22H20N4O2/c1-16-19(15-25-26(16)18-9-3-2-4-10-18)22(27)24-13-14-28-20-11-5-7-17-8-6-12-23-21(17)20/h2-12,15H,13-14H2,1H3,(H,24,27). The van der Waals surface area contributed by atoms with Gasteiger partial charge in [0.15, 0.2) is 0 Å². The number of para-hydroxylation sites is 2. The average Bonchev–Trinajstić information content (AvgIpc) is 3.13. The number of carbonyl (C=O) groups is 1. The van der Waals surface area contributed by atoms with Gasteiger partial charge in [0.05, 0.1) is 29.7 Å². The van der Waals surface area contributed by atoms with Crippen LogP contribution in [0.4, 0.5) is 0 Å². The molecule has 4 aromatic rings. The summed E-state index contributed by atoms with van der Waals surface area (Å²) in [6.07, 6.45) is 3.33. The third kappa shape index (κ3) is 3.57. The molecule has 6 heteroatoms. The van der Waals surface area contributed by atoms with Crippen molar-refractivity contribution < 1.29 is 9.53 Å². The second kappa shape index (κ2) is 7.92. The molecule has 0 unspecified atom stereocenters. The minimum absolute atomic E-state index is 0.167. The van der Waals surface area contributed by atoms with E-state index in [9.17, 15) is 4.79 Å². The van der Waals surface area contributed by atoms with Crippen molar-refractivity contribution in [3.05, 3.63) is 84.3 Å². The molecule has 0 aliphatic rings. The van der Waals surface area contributed by atoms with Crippen LogP contribution in [0.2, 0.25) is 0 Å². The maximum Gasteiger partial charge on any atom is 0.254 e. The number of benzene rings is 2. The number of pyridine rings is 1. The number of hydrogen-bond donors (Lipinski definition) is 1. The van der Waals surface area contributed by atoms with E-state index in [1.807, 2.05) is 67.6 Å². The smallest absolute Gasteiger partial charge is 0.254 e. The fraction of sp³-hybridized carbons (Fsp3) is 0.136. The number of fused-ring (bicyclic) bond motifs is 1. The zero-order chi connectivity index (χ0) is 19.3. The minimum atomic E-state index is -0.167. The number of aromatic nitrogens is 3. The predicted molar refractivity (Wildman–Crippen MR) is 108 cm³/mol. The van der Waals surface area contributed by atoms with Gasteiger partial charge < -0.3 is 10.1 Å². The van der Waals surface area contributed by atoms with E-state index in [0.29, 0.717) is 24.5 Å². The molecule has 140 valence electrons. The zero-order valence-electron chi connectivity index (χ0n) is 15.5. The first-order valence-corrected chi connectivity index (χ1v) is 9.09. The Kier molecular flexibility index (Phi) is 5.01. The third-order valence-electron chi connectivity index (χ3n) is 4.50. The lowest BCUT2D eigenvalue weighted by Crippen LogP contribution is -2.28. The largest absolute Gasteiger partial charge is 0.489 e. The Bertz CT molecular complexity index is 1100. The van der Waals surface area contributed by atoms with Gasteiger partial charge in [0.2, 0.25) is 0 Å². The van der Waals surface area contributed by atoms with Crippen LogP contribution < -0.4 is 10.1 Å².